The van der Waals surface area contributed by atoms with Gasteiger partial charge in [0.1, 0.15) is 5.82 Å². The summed E-state index contributed by atoms with van der Waals surface area (Å²) in [5.74, 6) is -0.296. The predicted octanol–water partition coefficient (Wildman–Crippen LogP) is 3.80. The molecule has 0 N–H and O–H groups in total. The van der Waals surface area contributed by atoms with Gasteiger partial charge < -0.3 is 4.90 Å². The van der Waals surface area contributed by atoms with Crippen LogP contribution >= 0.6 is 0 Å². The van der Waals surface area contributed by atoms with E-state index in [-0.39, 0.29) is 17.6 Å². The molecular weight excluding hydrogens is 341 g/mol. The van der Waals surface area contributed by atoms with Gasteiger partial charge in [0.15, 0.2) is 0 Å². The molecule has 142 valence electrons. The molecule has 1 aromatic heterocycles. The van der Waals surface area contributed by atoms with Crippen molar-refractivity contribution in [3.05, 3.63) is 59.7 Å². The lowest BCUT2D eigenvalue weighted by molar-refractivity contribution is -0.123. The summed E-state index contributed by atoms with van der Waals surface area (Å²) in [5, 5.41) is 0. The first kappa shape index (κ1) is 18.1. The van der Waals surface area contributed by atoms with Gasteiger partial charge in [0, 0.05) is 25.0 Å². The third kappa shape index (κ3) is 3.88. The smallest absolute Gasteiger partial charge is 0.232 e. The molecule has 0 saturated carbocycles. The zero-order valence-corrected chi connectivity index (χ0v) is 15.8. The molecule has 4 nitrogen and oxygen atoms in total. The Labute approximate surface area is 160 Å². The van der Waals surface area contributed by atoms with E-state index in [4.69, 9.17) is 0 Å². The van der Waals surface area contributed by atoms with Crippen molar-refractivity contribution < 1.29 is 9.18 Å². The molecule has 2 aliphatic rings. The molecule has 2 aromatic rings. The normalized spacial score (nSPS) is 23.3. The number of aromatic nitrogens is 1. The van der Waals surface area contributed by atoms with Gasteiger partial charge in [0.2, 0.25) is 5.91 Å². The number of anilines is 1. The monoisotopic (exact) mass is 367 g/mol. The van der Waals surface area contributed by atoms with Gasteiger partial charge in [-0.25, -0.2) is 4.39 Å². The highest BCUT2D eigenvalue weighted by molar-refractivity contribution is 5.98. The maximum atomic E-state index is 13.9. The third-order valence-corrected chi connectivity index (χ3v) is 5.88. The highest BCUT2D eigenvalue weighted by Crippen LogP contribution is 2.33. The zero-order valence-electron chi connectivity index (χ0n) is 15.8. The first-order chi connectivity index (χ1) is 13.1. The lowest BCUT2D eigenvalue weighted by Crippen LogP contribution is -2.48. The van der Waals surface area contributed by atoms with Crippen LogP contribution in [0.15, 0.2) is 42.7 Å². The Hall–Kier alpha value is -2.27. The van der Waals surface area contributed by atoms with Crippen molar-refractivity contribution in [2.45, 2.75) is 45.2 Å². The summed E-state index contributed by atoms with van der Waals surface area (Å²) in [5.41, 5.74) is 2.70. The van der Waals surface area contributed by atoms with Crippen LogP contribution < -0.4 is 4.90 Å². The molecule has 1 aromatic carbocycles. The number of hydrogen-bond acceptors (Lipinski definition) is 3. The third-order valence-electron chi connectivity index (χ3n) is 5.88. The number of halogens is 1. The van der Waals surface area contributed by atoms with Gasteiger partial charge in [-0.1, -0.05) is 18.6 Å². The Morgan fingerprint density at radius 2 is 2.15 bits per heavy atom. The molecule has 1 amide bonds. The number of rotatable bonds is 4. The van der Waals surface area contributed by atoms with Crippen LogP contribution in [0.2, 0.25) is 0 Å². The van der Waals surface area contributed by atoms with Crippen LogP contribution in [0.25, 0.3) is 0 Å². The van der Waals surface area contributed by atoms with Crippen molar-refractivity contribution in [2.24, 2.45) is 5.92 Å². The van der Waals surface area contributed by atoms with Crippen molar-refractivity contribution >= 4 is 11.6 Å². The van der Waals surface area contributed by atoms with Crippen LogP contribution in [-0.2, 0) is 17.8 Å². The fourth-order valence-corrected chi connectivity index (χ4v) is 4.34. The number of carbonyl (C=O) groups excluding carboxylic acids is 1. The van der Waals surface area contributed by atoms with Gasteiger partial charge in [-0.15, -0.1) is 0 Å². The number of carbonyl (C=O) groups is 1. The second-order valence-electron chi connectivity index (χ2n) is 7.80. The molecule has 2 atom stereocenters. The van der Waals surface area contributed by atoms with Gasteiger partial charge in [-0.3, -0.25) is 14.7 Å². The number of likely N-dealkylation sites (tertiary alicyclic amines) is 1. The van der Waals surface area contributed by atoms with E-state index in [0.29, 0.717) is 24.7 Å². The van der Waals surface area contributed by atoms with Crippen LogP contribution in [0.4, 0.5) is 10.1 Å². The Morgan fingerprint density at radius 1 is 1.26 bits per heavy atom. The summed E-state index contributed by atoms with van der Waals surface area (Å²) in [7, 11) is 0. The molecule has 5 heteroatoms. The minimum atomic E-state index is -0.305. The molecule has 0 spiro atoms. The average Bonchev–Trinajstić information content (AvgIpc) is 2.68. The molecule has 4 rings (SSSR count). The summed E-state index contributed by atoms with van der Waals surface area (Å²) in [6.45, 7) is 4.52. The van der Waals surface area contributed by atoms with Crippen molar-refractivity contribution in [1.82, 2.24) is 9.88 Å². The number of amides is 1. The SMILES string of the molecule is CC1CCCCN1CC1Cc2ccc(F)cc2N(Cc2cccnc2)C1=O. The van der Waals surface area contributed by atoms with Crippen LogP contribution in [0.1, 0.15) is 37.3 Å². The summed E-state index contributed by atoms with van der Waals surface area (Å²) in [4.78, 5) is 21.7. The Bertz CT molecular complexity index is 810. The molecule has 2 aliphatic heterocycles. The lowest BCUT2D eigenvalue weighted by atomic mass is 9.89. The number of benzene rings is 1. The maximum Gasteiger partial charge on any atom is 0.232 e. The molecule has 0 aliphatic carbocycles. The van der Waals surface area contributed by atoms with E-state index in [1.165, 1.54) is 31.4 Å². The highest BCUT2D eigenvalue weighted by atomic mass is 19.1. The lowest BCUT2D eigenvalue weighted by Gasteiger charge is -2.39. The van der Waals surface area contributed by atoms with Crippen molar-refractivity contribution in [2.75, 3.05) is 18.0 Å². The van der Waals surface area contributed by atoms with Gasteiger partial charge in [0.25, 0.3) is 0 Å². The Kier molecular flexibility index (Phi) is 5.21. The van der Waals surface area contributed by atoms with Crippen LogP contribution in [-0.4, -0.2) is 34.9 Å². The number of fused-ring (bicyclic) bond motifs is 1. The van der Waals surface area contributed by atoms with Crippen LogP contribution in [0.5, 0.6) is 0 Å². The number of piperidine rings is 1. The van der Waals surface area contributed by atoms with E-state index < -0.39 is 0 Å². The Balaban J connectivity index is 1.62. The molecule has 27 heavy (non-hydrogen) atoms. The summed E-state index contributed by atoms with van der Waals surface area (Å²) in [6.07, 6.45) is 7.83. The fraction of sp³-hybridized carbons (Fsp3) is 0.455. The van der Waals surface area contributed by atoms with Crippen molar-refractivity contribution in [1.29, 1.82) is 0 Å². The maximum absolute atomic E-state index is 13.9. The summed E-state index contributed by atoms with van der Waals surface area (Å²) < 4.78 is 13.9. The summed E-state index contributed by atoms with van der Waals surface area (Å²) in [6, 6.07) is 9.16. The van der Waals surface area contributed by atoms with E-state index in [9.17, 15) is 9.18 Å². The van der Waals surface area contributed by atoms with Crippen molar-refractivity contribution in [3.8, 4) is 0 Å². The molecule has 1 fully saturated rings. The number of hydrogen-bond donors (Lipinski definition) is 0. The fourth-order valence-electron chi connectivity index (χ4n) is 4.34. The van der Waals surface area contributed by atoms with Crippen LogP contribution in [0, 0.1) is 11.7 Å². The highest BCUT2D eigenvalue weighted by Gasteiger charge is 2.35. The second kappa shape index (κ2) is 7.77. The first-order valence-corrected chi connectivity index (χ1v) is 9.84. The molecular formula is C22H26FN3O. The molecule has 1 saturated heterocycles. The molecule has 0 radical (unpaired) electrons. The van der Waals surface area contributed by atoms with E-state index in [0.717, 1.165) is 24.2 Å². The molecule has 2 unspecified atom stereocenters. The first-order valence-electron chi connectivity index (χ1n) is 9.84. The quantitative estimate of drug-likeness (QED) is 0.825. The van der Waals surface area contributed by atoms with Gasteiger partial charge >= 0.3 is 0 Å². The van der Waals surface area contributed by atoms with E-state index in [1.807, 2.05) is 18.2 Å². The predicted molar refractivity (Wildman–Crippen MR) is 104 cm³/mol. The minimum absolute atomic E-state index is 0.0832. The number of pyridine rings is 1. The molecule has 0 bridgehead atoms. The second-order valence-corrected chi connectivity index (χ2v) is 7.80. The largest absolute Gasteiger partial charge is 0.307 e. The topological polar surface area (TPSA) is 36.4 Å². The number of nitrogens with zero attached hydrogens (tertiary/aromatic N) is 3. The van der Waals surface area contributed by atoms with E-state index in [2.05, 4.69) is 16.8 Å². The average molecular weight is 367 g/mol. The minimum Gasteiger partial charge on any atom is -0.307 e. The van der Waals surface area contributed by atoms with Crippen LogP contribution in [0.3, 0.4) is 0 Å². The zero-order chi connectivity index (χ0) is 18.8. The summed E-state index contributed by atoms with van der Waals surface area (Å²) >= 11 is 0. The van der Waals surface area contributed by atoms with Gasteiger partial charge in [-0.05, 0) is 62.1 Å². The standard InChI is InChI=1S/C22H26FN3O/c1-16-5-2-3-10-25(16)15-19-11-18-7-8-20(23)12-21(18)26(22(19)27)14-17-6-4-9-24-13-17/h4,6-9,12-13,16,19H,2-3,5,10-11,14-15H2,1H3. The van der Waals surface area contributed by atoms with Gasteiger partial charge in [-0.2, -0.15) is 0 Å². The molecule has 3 heterocycles. The van der Waals surface area contributed by atoms with E-state index in [1.54, 1.807) is 17.3 Å². The van der Waals surface area contributed by atoms with Gasteiger partial charge in [0.05, 0.1) is 18.2 Å². The van der Waals surface area contributed by atoms with Crippen molar-refractivity contribution in [3.63, 3.8) is 0 Å². The van der Waals surface area contributed by atoms with E-state index >= 15 is 0 Å². The Morgan fingerprint density at radius 3 is 2.93 bits per heavy atom.